The summed E-state index contributed by atoms with van der Waals surface area (Å²) in [4.78, 5) is 51.5. The zero-order valence-electron chi connectivity index (χ0n) is 33.9. The van der Waals surface area contributed by atoms with Gasteiger partial charge in [0.2, 0.25) is 23.5 Å². The van der Waals surface area contributed by atoms with E-state index in [2.05, 4.69) is 35.8 Å². The number of benzene rings is 2. The smallest absolute Gasteiger partial charge is 0.301 e. The van der Waals surface area contributed by atoms with Crippen molar-refractivity contribution in [2.24, 2.45) is 25.9 Å². The molecule has 3 aromatic heterocycles. The van der Waals surface area contributed by atoms with Crippen LogP contribution < -0.4 is 35.9 Å². The van der Waals surface area contributed by atoms with Gasteiger partial charge in [0.15, 0.2) is 12.4 Å². The van der Waals surface area contributed by atoms with E-state index in [0.29, 0.717) is 70.7 Å². The maximum atomic E-state index is 15.2. The van der Waals surface area contributed by atoms with Crippen molar-refractivity contribution in [1.29, 1.82) is 0 Å². The molecule has 18 heteroatoms. The van der Waals surface area contributed by atoms with Crippen LogP contribution in [0.3, 0.4) is 0 Å². The van der Waals surface area contributed by atoms with Crippen LogP contribution in [0.5, 0.6) is 11.5 Å². The molecule has 3 atom stereocenters. The second-order valence-corrected chi connectivity index (χ2v) is 17.6. The number of alkyl halides is 2. The standard InChI is InChI=1S/C43H47ClF2N10O5/c1-53-32-9-5-25(17-30(32)36-37(41(53)59)60-22-43(45,46)38(50-36)24-3-4-24)48-39-31(44)19-47-42(51-39)56-15-11-23(12-16-56)20-55-14-13-27(21-55)61-26-6-7-28-33(18-26)54(2)52-35(28)29-8-10-34(57)49-40(29)58/h5-7,9,17-19,23-24,27,29,38,50H,3-4,8,10-16,20-22H2,1-2H3,(H,47,48,51)(H,49,57,58)/t27-,29?,38+/m1/s1. The summed E-state index contributed by atoms with van der Waals surface area (Å²) in [6.45, 7) is 3.50. The molecule has 0 radical (unpaired) electrons. The number of nitrogens with zero attached hydrogens (tertiary/aromatic N) is 7. The van der Waals surface area contributed by atoms with E-state index < -0.39 is 30.0 Å². The van der Waals surface area contributed by atoms with Crippen LogP contribution in [0.15, 0.2) is 47.4 Å². The number of pyridine rings is 1. The van der Waals surface area contributed by atoms with Crippen molar-refractivity contribution in [3.63, 3.8) is 0 Å². The number of anilines is 4. The zero-order valence-corrected chi connectivity index (χ0v) is 34.7. The fourth-order valence-corrected chi connectivity index (χ4v) is 9.64. The molecule has 320 valence electrons. The normalized spacial score (nSPS) is 23.4. The van der Waals surface area contributed by atoms with Crippen molar-refractivity contribution in [1.82, 2.24) is 34.5 Å². The van der Waals surface area contributed by atoms with Crippen molar-refractivity contribution in [2.45, 2.75) is 68.9 Å². The Morgan fingerprint density at radius 3 is 2.59 bits per heavy atom. The highest BCUT2D eigenvalue weighted by atomic mass is 35.5. The lowest BCUT2D eigenvalue weighted by Gasteiger charge is -2.34. The van der Waals surface area contributed by atoms with Gasteiger partial charge < -0.3 is 29.6 Å². The molecule has 4 aliphatic heterocycles. The number of nitrogens with one attached hydrogen (secondary N) is 3. The van der Waals surface area contributed by atoms with Crippen molar-refractivity contribution >= 4 is 68.4 Å². The molecule has 10 rings (SSSR count). The zero-order chi connectivity index (χ0) is 42.2. The molecule has 4 fully saturated rings. The number of halogens is 3. The highest BCUT2D eigenvalue weighted by Crippen LogP contribution is 2.46. The first-order chi connectivity index (χ1) is 29.4. The van der Waals surface area contributed by atoms with Crippen LogP contribution in [0.2, 0.25) is 5.02 Å². The monoisotopic (exact) mass is 856 g/mol. The van der Waals surface area contributed by atoms with E-state index in [1.807, 2.05) is 25.2 Å². The van der Waals surface area contributed by atoms with Crippen LogP contribution in [0.25, 0.3) is 21.8 Å². The molecular weight excluding hydrogens is 810 g/mol. The summed E-state index contributed by atoms with van der Waals surface area (Å²) in [5, 5.41) is 15.2. The number of carbonyl (C=O) groups is 2. The van der Waals surface area contributed by atoms with Gasteiger partial charge in [-0.15, -0.1) is 0 Å². The van der Waals surface area contributed by atoms with E-state index in [4.69, 9.17) is 26.1 Å². The van der Waals surface area contributed by atoms with Gasteiger partial charge in [0, 0.05) is 75.8 Å². The van der Waals surface area contributed by atoms with Crippen LogP contribution in [-0.4, -0.2) is 98.4 Å². The summed E-state index contributed by atoms with van der Waals surface area (Å²) in [6.07, 6.45) is 6.69. The third-order valence-electron chi connectivity index (χ3n) is 13.0. The number of aryl methyl sites for hydroxylation is 2. The van der Waals surface area contributed by atoms with Gasteiger partial charge in [-0.25, -0.2) is 13.8 Å². The van der Waals surface area contributed by atoms with Crippen molar-refractivity contribution in [3.8, 4) is 11.5 Å². The minimum absolute atomic E-state index is 0.0622. The molecule has 1 saturated carbocycles. The van der Waals surface area contributed by atoms with E-state index >= 15 is 8.78 Å². The maximum absolute atomic E-state index is 15.2. The molecule has 2 amide bonds. The van der Waals surface area contributed by atoms with Crippen LogP contribution in [-0.2, 0) is 23.7 Å². The number of imide groups is 1. The maximum Gasteiger partial charge on any atom is 0.301 e. The molecule has 1 aliphatic carbocycles. The van der Waals surface area contributed by atoms with Gasteiger partial charge in [0.25, 0.3) is 5.56 Å². The second kappa shape index (κ2) is 15.4. The Morgan fingerprint density at radius 2 is 1.80 bits per heavy atom. The average Bonchev–Trinajstić information content (AvgIpc) is 3.93. The van der Waals surface area contributed by atoms with Gasteiger partial charge in [0.1, 0.15) is 16.9 Å². The summed E-state index contributed by atoms with van der Waals surface area (Å²) < 4.78 is 45.5. The van der Waals surface area contributed by atoms with Gasteiger partial charge >= 0.3 is 5.92 Å². The summed E-state index contributed by atoms with van der Waals surface area (Å²) in [5.41, 5.74) is 2.56. The highest BCUT2D eigenvalue weighted by molar-refractivity contribution is 6.33. The van der Waals surface area contributed by atoms with Gasteiger partial charge in [0.05, 0.1) is 40.6 Å². The van der Waals surface area contributed by atoms with Crippen LogP contribution in [0.4, 0.5) is 31.9 Å². The highest BCUT2D eigenvalue weighted by Gasteiger charge is 2.51. The van der Waals surface area contributed by atoms with Crippen molar-refractivity contribution in [3.05, 3.63) is 63.7 Å². The molecule has 0 spiro atoms. The Hall–Kier alpha value is -5.55. The molecule has 2 aromatic carbocycles. The minimum Gasteiger partial charge on any atom is -0.489 e. The van der Waals surface area contributed by atoms with Crippen LogP contribution in [0.1, 0.15) is 56.6 Å². The molecule has 61 heavy (non-hydrogen) atoms. The largest absolute Gasteiger partial charge is 0.489 e. The fourth-order valence-electron chi connectivity index (χ4n) is 9.50. The Bertz CT molecular complexity index is 2630. The average molecular weight is 857 g/mol. The Kier molecular flexibility index (Phi) is 10.0. The van der Waals surface area contributed by atoms with Gasteiger partial charge in [-0.2, -0.15) is 10.1 Å². The minimum atomic E-state index is -3.13. The molecule has 0 bridgehead atoms. The number of likely N-dealkylation sites (tertiary alicyclic amines) is 1. The predicted molar refractivity (Wildman–Crippen MR) is 226 cm³/mol. The van der Waals surface area contributed by atoms with E-state index in [0.717, 1.165) is 68.6 Å². The second-order valence-electron chi connectivity index (χ2n) is 17.2. The first-order valence-corrected chi connectivity index (χ1v) is 21.4. The van der Waals surface area contributed by atoms with Crippen LogP contribution >= 0.6 is 11.6 Å². The molecule has 3 N–H and O–H groups in total. The molecule has 7 heterocycles. The lowest BCUT2D eigenvalue weighted by atomic mass is 9.93. The van der Waals surface area contributed by atoms with Gasteiger partial charge in [-0.3, -0.25) is 29.3 Å². The number of amides is 2. The Labute approximate surface area is 354 Å². The summed E-state index contributed by atoms with van der Waals surface area (Å²) in [5.74, 6) is -2.16. The fraction of sp³-hybridized carbons (Fsp3) is 0.488. The molecule has 3 saturated heterocycles. The summed E-state index contributed by atoms with van der Waals surface area (Å²) in [7, 11) is 3.46. The molecule has 1 unspecified atom stereocenters. The lowest BCUT2D eigenvalue weighted by Crippen LogP contribution is -2.44. The molecule has 15 nitrogen and oxygen atoms in total. The topological polar surface area (TPSA) is 161 Å². The number of piperidine rings is 2. The number of carbonyl (C=O) groups excluding carboxylic acids is 2. The SMILES string of the molecule is Cn1nc(C2CCC(=O)NC2=O)c2ccc(O[C@@H]3CCN(CC4CCN(c5ncc(Cl)c(Nc6ccc7c(c6)c6c(c(=O)n7C)OCC(F)(F)[C@H](C7CC7)N6)n5)CC4)C3)cc21. The summed E-state index contributed by atoms with van der Waals surface area (Å²) in [6, 6.07) is 10.1. The molecule has 5 aromatic rings. The van der Waals surface area contributed by atoms with Crippen LogP contribution in [0, 0.1) is 11.8 Å². The number of ether oxygens (including phenoxy) is 2. The van der Waals surface area contributed by atoms with Crippen molar-refractivity contribution in [2.75, 3.05) is 54.9 Å². The van der Waals surface area contributed by atoms with Gasteiger partial charge in [-0.1, -0.05) is 11.6 Å². The van der Waals surface area contributed by atoms with E-state index in [-0.39, 0.29) is 35.3 Å². The first-order valence-electron chi connectivity index (χ1n) is 21.1. The lowest BCUT2D eigenvalue weighted by molar-refractivity contribution is -0.134. The number of hydrogen-bond donors (Lipinski definition) is 3. The predicted octanol–water partition coefficient (Wildman–Crippen LogP) is 5.72. The van der Waals surface area contributed by atoms with E-state index in [1.54, 1.807) is 36.1 Å². The third kappa shape index (κ3) is 7.59. The Balaban J connectivity index is 0.762. The van der Waals surface area contributed by atoms with Gasteiger partial charge in [-0.05, 0) is 80.7 Å². The van der Waals surface area contributed by atoms with Crippen molar-refractivity contribution < 1.29 is 27.8 Å². The molecular formula is C43H47ClF2N10O5. The quantitative estimate of drug-likeness (QED) is 0.155. The van der Waals surface area contributed by atoms with E-state index in [1.165, 1.54) is 4.57 Å². The number of fused-ring (bicyclic) bond motifs is 4. The number of aromatic nitrogens is 5. The summed E-state index contributed by atoms with van der Waals surface area (Å²) >= 11 is 6.62. The number of hydrogen-bond acceptors (Lipinski definition) is 12. The third-order valence-corrected chi connectivity index (χ3v) is 13.2. The van der Waals surface area contributed by atoms with E-state index in [9.17, 15) is 14.4 Å². The first kappa shape index (κ1) is 39.6. The molecule has 5 aliphatic rings. The number of rotatable bonds is 9. The Morgan fingerprint density at radius 1 is 0.984 bits per heavy atom.